The Labute approximate surface area is 308 Å². The number of hydrogen-bond donors (Lipinski definition) is 1. The maximum Gasteiger partial charge on any atom is 0.298 e. The summed E-state index contributed by atoms with van der Waals surface area (Å²) in [6.07, 6.45) is 0. The largest absolute Gasteiger partial charge is 0.366 e. The number of nitrogens with zero attached hydrogens (tertiary/aromatic N) is 10. The fourth-order valence-corrected chi connectivity index (χ4v) is 7.10. The second-order valence-corrected chi connectivity index (χ2v) is 13.8. The van der Waals surface area contributed by atoms with Gasteiger partial charge in [0.1, 0.15) is 11.4 Å². The molecule has 6 rings (SSSR count). The van der Waals surface area contributed by atoms with Gasteiger partial charge in [0, 0.05) is 50.3 Å². The van der Waals surface area contributed by atoms with Crippen molar-refractivity contribution in [1.29, 1.82) is 0 Å². The van der Waals surface area contributed by atoms with E-state index in [-0.39, 0.29) is 5.91 Å². The second-order valence-electron chi connectivity index (χ2n) is 12.9. The quantitative estimate of drug-likeness (QED) is 0.211. The van der Waals surface area contributed by atoms with E-state index in [0.717, 1.165) is 43.6 Å². The number of halogens is 1. The average molecular weight is 769 g/mol. The molecule has 4 heterocycles. The number of allylic oxidation sites excluding steroid dienone is 2. The average Bonchev–Trinajstić information content (AvgIpc) is 3.83. The summed E-state index contributed by atoms with van der Waals surface area (Å²) in [4.78, 5) is 48.7. The Bertz CT molecular complexity index is 2600. The summed E-state index contributed by atoms with van der Waals surface area (Å²) in [5.41, 5.74) is 14.4. The first-order chi connectivity index (χ1) is 24.7. The summed E-state index contributed by atoms with van der Waals surface area (Å²) >= 11 is 3.74. The van der Waals surface area contributed by atoms with E-state index in [2.05, 4.69) is 36.1 Å². The summed E-state index contributed by atoms with van der Waals surface area (Å²) in [6.45, 7) is 13.5. The number of hydrogen-bond acceptors (Lipinski definition) is 5. The lowest BCUT2D eigenvalue weighted by atomic mass is 10.1. The van der Waals surface area contributed by atoms with Gasteiger partial charge in [-0.1, -0.05) is 17.2 Å². The molecule has 0 aliphatic rings. The molecule has 2 N–H and O–H groups in total. The zero-order valence-electron chi connectivity index (χ0n) is 30.6. The molecule has 4 aromatic heterocycles. The van der Waals surface area contributed by atoms with Gasteiger partial charge in [-0.2, -0.15) is 20.2 Å². The van der Waals surface area contributed by atoms with Crippen LogP contribution in [0.25, 0.3) is 22.1 Å². The molecule has 270 valence electrons. The summed E-state index contributed by atoms with van der Waals surface area (Å²) in [5, 5.41) is 8.87. The Hall–Kier alpha value is -5.57. The molecule has 0 saturated heterocycles. The van der Waals surface area contributed by atoms with E-state index in [1.165, 1.54) is 0 Å². The predicted molar refractivity (Wildman–Crippen MR) is 201 cm³/mol. The van der Waals surface area contributed by atoms with Gasteiger partial charge in [-0.25, -0.2) is 0 Å². The van der Waals surface area contributed by atoms with Gasteiger partial charge >= 0.3 is 0 Å². The number of nitrogens with two attached hydrogens (primary N) is 1. The number of imidazole rings is 2. The molecule has 0 spiro atoms. The molecule has 6 aromatic rings. The molecular formula is C37H42BrN11O3. The maximum atomic E-state index is 13.7. The highest BCUT2D eigenvalue weighted by molar-refractivity contribution is 9.10. The van der Waals surface area contributed by atoms with E-state index in [1.54, 1.807) is 38.2 Å². The zero-order chi connectivity index (χ0) is 37.6. The third-order valence-electron chi connectivity index (χ3n) is 9.36. The van der Waals surface area contributed by atoms with Gasteiger partial charge in [-0.3, -0.25) is 23.7 Å². The normalized spacial score (nSPS) is 13.1. The van der Waals surface area contributed by atoms with Gasteiger partial charge in [0.15, 0.2) is 0 Å². The van der Waals surface area contributed by atoms with Crippen LogP contribution in [-0.2, 0) is 40.3 Å². The first-order valence-corrected chi connectivity index (χ1v) is 17.8. The van der Waals surface area contributed by atoms with E-state index < -0.39 is 11.8 Å². The van der Waals surface area contributed by atoms with Gasteiger partial charge in [-0.05, 0) is 99.9 Å². The number of para-hydroxylation sites is 1. The number of amides is 3. The monoisotopic (exact) mass is 767 g/mol. The van der Waals surface area contributed by atoms with Crippen molar-refractivity contribution in [3.8, 4) is 0 Å². The summed E-state index contributed by atoms with van der Waals surface area (Å²) in [7, 11) is 3.71. The first kappa shape index (κ1) is 36.2. The number of aromatic nitrogens is 8. The third kappa shape index (κ3) is 6.51. The van der Waals surface area contributed by atoms with E-state index in [0.29, 0.717) is 59.9 Å². The molecule has 2 aromatic carbocycles. The van der Waals surface area contributed by atoms with Crippen molar-refractivity contribution in [1.82, 2.24) is 37.8 Å². The number of primary amides is 1. The number of carbonyl (C=O) groups excluding carboxylic acids is 3. The van der Waals surface area contributed by atoms with Crippen LogP contribution in [0.5, 0.6) is 0 Å². The van der Waals surface area contributed by atoms with Crippen LogP contribution in [-0.4, -0.2) is 55.6 Å². The number of rotatable bonds is 9. The van der Waals surface area contributed by atoms with Crippen molar-refractivity contribution in [3.63, 3.8) is 0 Å². The molecule has 0 radical (unpaired) electrons. The Balaban J connectivity index is 1.49. The highest BCUT2D eigenvalue weighted by Gasteiger charge is 2.20. The summed E-state index contributed by atoms with van der Waals surface area (Å²) in [5.74, 6) is -1.36. The third-order valence-corrected chi connectivity index (χ3v) is 10.00. The standard InChI is InChI=1S/C37H42BrN11O3/c1-9-48-30(16-23(5)42-48)34(51)40-36-45(8)29-18-25(33(39)50)14-15-27(29)46(36)19-21(3)22(4)20-47-32-26(38)12-11-13-28(32)44(7)37(47)41-35(52)31-17-24(6)43-49(31)10-2/h11-18H,9-10,19-20H2,1-8H3,(H2,39,50)/b22-21+,40-36?,41-37?. The molecule has 0 unspecified atom stereocenters. The van der Waals surface area contributed by atoms with E-state index in [4.69, 9.17) is 5.73 Å². The summed E-state index contributed by atoms with van der Waals surface area (Å²) in [6, 6.07) is 14.6. The lowest BCUT2D eigenvalue weighted by molar-refractivity contribution is 0.0977. The van der Waals surface area contributed by atoms with Crippen molar-refractivity contribution in [2.24, 2.45) is 29.8 Å². The Kier molecular flexibility index (Phi) is 9.90. The van der Waals surface area contributed by atoms with Gasteiger partial charge in [0.2, 0.25) is 17.1 Å². The molecule has 0 aliphatic heterocycles. The van der Waals surface area contributed by atoms with E-state index in [9.17, 15) is 14.4 Å². The van der Waals surface area contributed by atoms with Crippen LogP contribution >= 0.6 is 15.9 Å². The lowest BCUT2D eigenvalue weighted by Crippen LogP contribution is -2.28. The van der Waals surface area contributed by atoms with Crippen LogP contribution < -0.4 is 17.0 Å². The zero-order valence-corrected chi connectivity index (χ0v) is 32.2. The molecule has 0 saturated carbocycles. The fourth-order valence-electron chi connectivity index (χ4n) is 6.53. The topological polar surface area (TPSA) is 157 Å². The second kappa shape index (κ2) is 14.2. The van der Waals surface area contributed by atoms with Crippen molar-refractivity contribution in [2.45, 2.75) is 67.7 Å². The lowest BCUT2D eigenvalue weighted by Gasteiger charge is -2.13. The van der Waals surface area contributed by atoms with Crippen molar-refractivity contribution in [3.05, 3.63) is 104 Å². The van der Waals surface area contributed by atoms with Crippen molar-refractivity contribution in [2.75, 3.05) is 0 Å². The molecule has 14 nitrogen and oxygen atoms in total. The van der Waals surface area contributed by atoms with Crippen LogP contribution in [0.4, 0.5) is 0 Å². The van der Waals surface area contributed by atoms with Gasteiger partial charge in [-0.15, -0.1) is 0 Å². The first-order valence-electron chi connectivity index (χ1n) is 17.0. The van der Waals surface area contributed by atoms with E-state index in [1.807, 2.05) is 93.6 Å². The van der Waals surface area contributed by atoms with Gasteiger partial charge in [0.25, 0.3) is 11.8 Å². The number of aryl methyl sites for hydroxylation is 6. The predicted octanol–water partition coefficient (Wildman–Crippen LogP) is 4.70. The molecule has 0 aliphatic carbocycles. The molecule has 0 bridgehead atoms. The number of fused-ring (bicyclic) bond motifs is 2. The Morgan fingerprint density at radius 3 is 1.79 bits per heavy atom. The Morgan fingerprint density at radius 1 is 0.731 bits per heavy atom. The smallest absolute Gasteiger partial charge is 0.298 e. The van der Waals surface area contributed by atoms with Crippen LogP contribution in [0.1, 0.15) is 70.4 Å². The highest BCUT2D eigenvalue weighted by Crippen LogP contribution is 2.25. The Morgan fingerprint density at radius 2 is 1.25 bits per heavy atom. The van der Waals surface area contributed by atoms with Crippen LogP contribution in [0.2, 0.25) is 0 Å². The number of benzene rings is 2. The van der Waals surface area contributed by atoms with Crippen molar-refractivity contribution < 1.29 is 14.4 Å². The van der Waals surface area contributed by atoms with Gasteiger partial charge in [0.05, 0.1) is 33.5 Å². The molecule has 0 atom stereocenters. The molecule has 0 fully saturated rings. The molecule has 3 amide bonds. The molecule has 15 heteroatoms. The van der Waals surface area contributed by atoms with Crippen LogP contribution in [0.3, 0.4) is 0 Å². The highest BCUT2D eigenvalue weighted by atomic mass is 79.9. The minimum Gasteiger partial charge on any atom is -0.366 e. The molecular weight excluding hydrogens is 726 g/mol. The SMILES string of the molecule is CCn1nc(C)cc1C(=O)N=c1n(C)c2cc(C(N)=O)ccc2n1C/C(C)=C(\C)Cn1c(=NC(=O)c2cc(C)nn2CC)n(C)c2cccc(Br)c21. The van der Waals surface area contributed by atoms with Crippen LogP contribution in [0, 0.1) is 13.8 Å². The van der Waals surface area contributed by atoms with Crippen molar-refractivity contribution >= 4 is 55.7 Å². The van der Waals surface area contributed by atoms with Gasteiger partial charge < -0.3 is 24.0 Å². The van der Waals surface area contributed by atoms with Crippen LogP contribution in [0.15, 0.2) is 74.1 Å². The fraction of sp³-hybridized carbons (Fsp3) is 0.324. The molecule has 52 heavy (non-hydrogen) atoms. The number of carbonyl (C=O) groups is 3. The minimum atomic E-state index is -0.550. The summed E-state index contributed by atoms with van der Waals surface area (Å²) < 4.78 is 11.9. The minimum absolute atomic E-state index is 0.349. The van der Waals surface area contributed by atoms with E-state index >= 15 is 0 Å². The maximum absolute atomic E-state index is 13.7.